The van der Waals surface area contributed by atoms with E-state index in [9.17, 15) is 0 Å². The Morgan fingerprint density at radius 3 is 1.30 bits per heavy atom. The summed E-state index contributed by atoms with van der Waals surface area (Å²) in [6, 6.07) is 1.27. The summed E-state index contributed by atoms with van der Waals surface area (Å²) in [5.41, 5.74) is 0. The fourth-order valence-corrected chi connectivity index (χ4v) is 1.19. The summed E-state index contributed by atoms with van der Waals surface area (Å²) in [5.74, 6) is 0. The van der Waals surface area contributed by atoms with E-state index < -0.39 is 0 Å². The van der Waals surface area contributed by atoms with E-state index in [1.54, 1.807) is 0 Å². The molecule has 62 valence electrons. The van der Waals surface area contributed by atoms with E-state index in [-0.39, 0.29) is 21.1 Å². The Morgan fingerprint density at radius 2 is 1.30 bits per heavy atom. The van der Waals surface area contributed by atoms with Crippen LogP contribution in [0.15, 0.2) is 0 Å². The molecule has 0 fully saturated rings. The van der Waals surface area contributed by atoms with Gasteiger partial charge >= 0.3 is 0 Å². The second-order valence-electron chi connectivity index (χ2n) is 2.89. The molecule has 0 aliphatic rings. The largest absolute Gasteiger partial charge is 0.452 e. The maximum atomic E-state index is 2.33. The molecular weight excluding hydrogens is 206 g/mol. The van der Waals surface area contributed by atoms with Crippen LogP contribution in [0.4, 0.5) is 0 Å². The first-order valence-corrected chi connectivity index (χ1v) is 3.66. The third-order valence-electron chi connectivity index (χ3n) is 1.49. The predicted octanol–water partition coefficient (Wildman–Crippen LogP) is 2.28. The van der Waals surface area contributed by atoms with Crippen molar-refractivity contribution in [1.82, 2.24) is 4.90 Å². The molecule has 0 amide bonds. The molecule has 2 heteroatoms. The first-order chi connectivity index (χ1) is 4.09. The Morgan fingerprint density at radius 1 is 1.00 bits per heavy atom. The third-order valence-corrected chi connectivity index (χ3v) is 1.49. The average molecular weight is 224 g/mol. The molecule has 1 nitrogen and oxygen atoms in total. The van der Waals surface area contributed by atoms with Crippen LogP contribution in [0.5, 0.6) is 0 Å². The zero-order valence-electron chi connectivity index (χ0n) is 7.59. The first kappa shape index (κ1) is 13.3. The van der Waals surface area contributed by atoms with E-state index >= 15 is 0 Å². The van der Waals surface area contributed by atoms with Gasteiger partial charge in [0.15, 0.2) is 0 Å². The van der Waals surface area contributed by atoms with Gasteiger partial charge in [0.2, 0.25) is 0 Å². The van der Waals surface area contributed by atoms with Crippen LogP contribution in [0.1, 0.15) is 34.6 Å². The molecule has 0 radical (unpaired) electrons. The number of hydrogen-bond acceptors (Lipinski definition) is 1. The van der Waals surface area contributed by atoms with Crippen LogP contribution >= 0.6 is 0 Å². The number of rotatable bonds is 3. The van der Waals surface area contributed by atoms with Crippen LogP contribution in [-0.4, -0.2) is 17.0 Å². The van der Waals surface area contributed by atoms with Crippen LogP contribution < -0.4 is 0 Å². The fraction of sp³-hybridized carbons (Fsp3) is 0.875. The third kappa shape index (κ3) is 4.46. The van der Waals surface area contributed by atoms with E-state index in [1.807, 2.05) is 0 Å². The number of hydrogen-bond donors (Lipinski definition) is 0. The quantitative estimate of drug-likeness (QED) is 0.525. The van der Waals surface area contributed by atoms with Crippen LogP contribution in [0.25, 0.3) is 0 Å². The topological polar surface area (TPSA) is 3.24 Å². The Hall–Kier alpha value is 0.648. The zero-order chi connectivity index (χ0) is 7.44. The molecule has 0 saturated carbocycles. The van der Waals surface area contributed by atoms with Crippen molar-refractivity contribution < 1.29 is 21.1 Å². The minimum absolute atomic E-state index is 0. The van der Waals surface area contributed by atoms with Gasteiger partial charge in [-0.25, -0.2) is 0 Å². The normalized spacial score (nSPS) is 10.8. The van der Waals surface area contributed by atoms with Crippen LogP contribution in [0, 0.1) is 6.54 Å². The van der Waals surface area contributed by atoms with Gasteiger partial charge in [-0.05, 0) is 12.1 Å². The fourth-order valence-electron chi connectivity index (χ4n) is 1.19. The van der Waals surface area contributed by atoms with Gasteiger partial charge in [-0.2, -0.15) is 6.92 Å². The molecule has 10 heavy (non-hydrogen) atoms. The average Bonchev–Trinajstić information content (AvgIpc) is 1.64. The van der Waals surface area contributed by atoms with Crippen molar-refractivity contribution in [2.24, 2.45) is 0 Å². The summed E-state index contributed by atoms with van der Waals surface area (Å²) >= 11 is 0. The molecule has 0 saturated heterocycles. The van der Waals surface area contributed by atoms with Gasteiger partial charge in [-0.15, -0.1) is 0 Å². The van der Waals surface area contributed by atoms with Gasteiger partial charge in [0.05, 0.1) is 0 Å². The maximum Gasteiger partial charge on any atom is 0 e. The first-order valence-electron chi connectivity index (χ1n) is 3.66. The second kappa shape index (κ2) is 6.36. The molecule has 0 unspecified atom stereocenters. The summed E-state index contributed by atoms with van der Waals surface area (Å²) in [7, 11) is 0. The van der Waals surface area contributed by atoms with E-state index in [4.69, 9.17) is 0 Å². The molecule has 0 aromatic heterocycles. The van der Waals surface area contributed by atoms with Gasteiger partial charge in [0, 0.05) is 21.1 Å². The molecule has 0 atom stereocenters. The predicted molar refractivity (Wildman–Crippen MR) is 42.1 cm³/mol. The molecule has 0 rings (SSSR count). The minimum atomic E-state index is 0. The van der Waals surface area contributed by atoms with Crippen molar-refractivity contribution in [3.8, 4) is 0 Å². The monoisotopic (exact) mass is 226 g/mol. The SMILES string of the molecule is C[CH-]N(C(C)C)C(C)C.[Mo]. The van der Waals surface area contributed by atoms with Crippen molar-refractivity contribution >= 4 is 0 Å². The minimum Gasteiger partial charge on any atom is -0.452 e. The standard InChI is InChI=1S/C8H18N.Mo/c1-6-9(7(2)3)8(4)5;/h6-8H,1-5H3;/q-1;. The van der Waals surface area contributed by atoms with E-state index in [1.165, 1.54) is 0 Å². The van der Waals surface area contributed by atoms with Crippen molar-refractivity contribution in [1.29, 1.82) is 0 Å². The van der Waals surface area contributed by atoms with E-state index in [2.05, 4.69) is 46.1 Å². The molecule has 0 aliphatic carbocycles. The number of nitrogens with zero attached hydrogens (tertiary/aromatic N) is 1. The van der Waals surface area contributed by atoms with E-state index in [0.717, 1.165) is 0 Å². The Labute approximate surface area is 79.4 Å². The molecule has 0 aromatic rings. The molecule has 0 aliphatic heterocycles. The van der Waals surface area contributed by atoms with Crippen molar-refractivity contribution in [3.05, 3.63) is 6.54 Å². The van der Waals surface area contributed by atoms with Crippen LogP contribution in [0.3, 0.4) is 0 Å². The molecule has 0 N–H and O–H groups in total. The zero-order valence-corrected chi connectivity index (χ0v) is 9.59. The molecule has 0 spiro atoms. The van der Waals surface area contributed by atoms with E-state index in [0.29, 0.717) is 12.1 Å². The summed E-state index contributed by atoms with van der Waals surface area (Å²) in [6.07, 6.45) is 0. The van der Waals surface area contributed by atoms with Crippen molar-refractivity contribution in [2.75, 3.05) is 0 Å². The van der Waals surface area contributed by atoms with Gasteiger partial charge in [-0.1, -0.05) is 27.7 Å². The van der Waals surface area contributed by atoms with Gasteiger partial charge < -0.3 is 4.90 Å². The molecule has 0 bridgehead atoms. The van der Waals surface area contributed by atoms with Crippen LogP contribution in [-0.2, 0) is 21.1 Å². The maximum absolute atomic E-state index is 2.33. The van der Waals surface area contributed by atoms with Gasteiger partial charge in [-0.3, -0.25) is 6.54 Å². The molecule has 0 aromatic carbocycles. The van der Waals surface area contributed by atoms with Gasteiger partial charge in [0.1, 0.15) is 0 Å². The smallest absolute Gasteiger partial charge is 0 e. The summed E-state index contributed by atoms with van der Waals surface area (Å²) < 4.78 is 0. The molecule has 0 heterocycles. The van der Waals surface area contributed by atoms with Crippen LogP contribution in [0.2, 0.25) is 0 Å². The summed E-state index contributed by atoms with van der Waals surface area (Å²) in [6.45, 7) is 13.1. The van der Waals surface area contributed by atoms with Crippen molar-refractivity contribution in [3.63, 3.8) is 0 Å². The molecular formula is C8H18MoN-. The Kier molecular flexibility index (Phi) is 8.43. The van der Waals surface area contributed by atoms with Crippen molar-refractivity contribution in [2.45, 2.75) is 46.7 Å². The Balaban J connectivity index is 0. The van der Waals surface area contributed by atoms with Gasteiger partial charge in [0.25, 0.3) is 0 Å². The Bertz CT molecular complexity index is 63.7. The second-order valence-corrected chi connectivity index (χ2v) is 2.89. The summed E-state index contributed by atoms with van der Waals surface area (Å²) in [4.78, 5) is 2.33. The summed E-state index contributed by atoms with van der Waals surface area (Å²) in [5, 5.41) is 0.